The Balaban J connectivity index is 1.61. The van der Waals surface area contributed by atoms with Crippen LogP contribution in [0.25, 0.3) is 17.0 Å². The van der Waals surface area contributed by atoms with Gasteiger partial charge in [-0.1, -0.05) is 42.1 Å². The molecule has 4 rings (SSSR count). The van der Waals surface area contributed by atoms with E-state index in [1.165, 1.54) is 22.3 Å². The molecule has 0 aliphatic carbocycles. The van der Waals surface area contributed by atoms with Crippen LogP contribution >= 0.6 is 11.8 Å². The summed E-state index contributed by atoms with van der Waals surface area (Å²) in [5.41, 5.74) is 3.66. The highest BCUT2D eigenvalue weighted by atomic mass is 32.2. The number of anilines is 1. The summed E-state index contributed by atoms with van der Waals surface area (Å²) in [6.07, 6.45) is 0. The molecule has 0 fully saturated rings. The first-order valence-corrected chi connectivity index (χ1v) is 10.6. The van der Waals surface area contributed by atoms with Crippen LogP contribution in [0.15, 0.2) is 58.5 Å². The van der Waals surface area contributed by atoms with Gasteiger partial charge in [0.1, 0.15) is 5.75 Å². The molecule has 2 heterocycles. The summed E-state index contributed by atoms with van der Waals surface area (Å²) in [4.78, 5) is 33.6. The number of aromatic nitrogens is 4. The summed E-state index contributed by atoms with van der Waals surface area (Å²) in [5, 5.41) is 6.02. The third-order valence-electron chi connectivity index (χ3n) is 4.67. The third-order valence-corrected chi connectivity index (χ3v) is 5.61. The van der Waals surface area contributed by atoms with Crippen LogP contribution < -0.4 is 15.6 Å². The quantitative estimate of drug-likeness (QED) is 0.450. The first-order valence-electron chi connectivity index (χ1n) is 9.57. The summed E-state index contributed by atoms with van der Waals surface area (Å²) in [6, 6.07) is 14.7. The highest BCUT2D eigenvalue weighted by molar-refractivity contribution is 7.99. The van der Waals surface area contributed by atoms with Gasteiger partial charge in [0.2, 0.25) is 5.91 Å². The van der Waals surface area contributed by atoms with Crippen molar-refractivity contribution in [3.05, 3.63) is 70.0 Å². The number of nitrogens with one attached hydrogen (secondary N) is 2. The lowest BCUT2D eigenvalue weighted by Gasteiger charge is -2.11. The van der Waals surface area contributed by atoms with E-state index in [-0.39, 0.29) is 17.2 Å². The van der Waals surface area contributed by atoms with Gasteiger partial charge < -0.3 is 10.1 Å². The Morgan fingerprint density at radius 2 is 1.97 bits per heavy atom. The van der Waals surface area contributed by atoms with Crippen LogP contribution in [0, 0.1) is 13.8 Å². The fourth-order valence-corrected chi connectivity index (χ4v) is 3.91. The minimum atomic E-state index is -0.285. The van der Waals surface area contributed by atoms with Crippen molar-refractivity contribution in [2.75, 3.05) is 18.2 Å². The maximum absolute atomic E-state index is 12.6. The summed E-state index contributed by atoms with van der Waals surface area (Å²) in [7, 11) is 1.56. The second-order valence-corrected chi connectivity index (χ2v) is 7.94. The fraction of sp³-hybridized carbons (Fsp3) is 0.182. The van der Waals surface area contributed by atoms with E-state index in [0.717, 1.165) is 16.7 Å². The zero-order chi connectivity index (χ0) is 22.0. The molecule has 31 heavy (non-hydrogen) atoms. The molecule has 0 bridgehead atoms. The van der Waals surface area contributed by atoms with Gasteiger partial charge in [0, 0.05) is 11.6 Å². The van der Waals surface area contributed by atoms with Crippen molar-refractivity contribution >= 4 is 29.0 Å². The van der Waals surface area contributed by atoms with Crippen LogP contribution in [0.3, 0.4) is 0 Å². The number of hydrogen-bond donors (Lipinski definition) is 2. The van der Waals surface area contributed by atoms with Crippen molar-refractivity contribution in [2.24, 2.45) is 0 Å². The number of hydrogen-bond acceptors (Lipinski definition) is 6. The van der Waals surface area contributed by atoms with Crippen molar-refractivity contribution in [3.8, 4) is 17.1 Å². The molecule has 8 nitrogen and oxygen atoms in total. The van der Waals surface area contributed by atoms with E-state index in [4.69, 9.17) is 4.74 Å². The molecule has 2 aromatic heterocycles. The molecule has 9 heteroatoms. The van der Waals surface area contributed by atoms with Crippen molar-refractivity contribution in [2.45, 2.75) is 19.0 Å². The van der Waals surface area contributed by atoms with Crippen LogP contribution in [0.1, 0.15) is 11.1 Å². The number of H-pyrrole nitrogens is 1. The van der Waals surface area contributed by atoms with Gasteiger partial charge in [0.15, 0.2) is 16.6 Å². The molecule has 0 saturated carbocycles. The molecule has 0 radical (unpaired) electrons. The average Bonchev–Trinajstić information content (AvgIpc) is 3.12. The van der Waals surface area contributed by atoms with Crippen LogP contribution in [-0.4, -0.2) is 38.4 Å². The predicted molar refractivity (Wildman–Crippen MR) is 121 cm³/mol. The van der Waals surface area contributed by atoms with Gasteiger partial charge in [0.25, 0.3) is 5.56 Å². The Morgan fingerprint density at radius 1 is 1.16 bits per heavy atom. The summed E-state index contributed by atoms with van der Waals surface area (Å²) in [6.45, 7) is 3.92. The van der Waals surface area contributed by atoms with E-state index in [2.05, 4.69) is 20.4 Å². The number of ether oxygens (including phenoxy) is 1. The van der Waals surface area contributed by atoms with E-state index in [0.29, 0.717) is 28.1 Å². The fourth-order valence-electron chi connectivity index (χ4n) is 3.16. The Morgan fingerprint density at radius 3 is 2.74 bits per heavy atom. The molecule has 0 atom stereocenters. The summed E-state index contributed by atoms with van der Waals surface area (Å²) in [5.74, 6) is 0.967. The molecule has 4 aromatic rings. The minimum Gasteiger partial charge on any atom is -0.495 e. The van der Waals surface area contributed by atoms with Crippen molar-refractivity contribution in [3.63, 3.8) is 0 Å². The van der Waals surface area contributed by atoms with Crippen LogP contribution in [-0.2, 0) is 4.79 Å². The molecular formula is C22H21N5O3S. The molecule has 2 aromatic carbocycles. The Bertz CT molecular complexity index is 1330. The number of amides is 1. The molecule has 0 spiro atoms. The zero-order valence-electron chi connectivity index (χ0n) is 17.3. The van der Waals surface area contributed by atoms with Gasteiger partial charge in [-0.15, -0.1) is 0 Å². The molecule has 1 amide bonds. The first kappa shape index (κ1) is 20.7. The van der Waals surface area contributed by atoms with Gasteiger partial charge >= 0.3 is 0 Å². The zero-order valence-corrected chi connectivity index (χ0v) is 18.1. The van der Waals surface area contributed by atoms with Gasteiger partial charge in [-0.05, 0) is 37.1 Å². The molecular weight excluding hydrogens is 414 g/mol. The largest absolute Gasteiger partial charge is 0.495 e. The number of rotatable bonds is 6. The number of thioether (sulfide) groups is 1. The maximum atomic E-state index is 12.6. The molecule has 0 saturated heterocycles. The summed E-state index contributed by atoms with van der Waals surface area (Å²) >= 11 is 1.21. The summed E-state index contributed by atoms with van der Waals surface area (Å²) < 4.78 is 6.81. The number of fused-ring (bicyclic) bond motifs is 1. The number of carbonyl (C=O) groups is 1. The second kappa shape index (κ2) is 8.65. The normalized spacial score (nSPS) is 10.9. The molecule has 0 aliphatic heterocycles. The average molecular weight is 436 g/mol. The third kappa shape index (κ3) is 4.46. The van der Waals surface area contributed by atoms with Crippen molar-refractivity contribution < 1.29 is 9.53 Å². The Kier molecular flexibility index (Phi) is 5.77. The van der Waals surface area contributed by atoms with Crippen LogP contribution in [0.5, 0.6) is 5.75 Å². The van der Waals surface area contributed by atoms with Gasteiger partial charge in [-0.3, -0.25) is 14.7 Å². The van der Waals surface area contributed by atoms with Gasteiger partial charge in [0.05, 0.1) is 18.6 Å². The lowest BCUT2D eigenvalue weighted by molar-refractivity contribution is -0.113. The van der Waals surface area contributed by atoms with E-state index in [1.54, 1.807) is 7.11 Å². The van der Waals surface area contributed by atoms with Crippen molar-refractivity contribution in [1.29, 1.82) is 0 Å². The monoisotopic (exact) mass is 435 g/mol. The van der Waals surface area contributed by atoms with Gasteiger partial charge in [-0.2, -0.15) is 0 Å². The number of aromatic amines is 1. The number of nitrogens with zero attached hydrogens (tertiary/aromatic N) is 3. The number of benzene rings is 2. The van der Waals surface area contributed by atoms with E-state index in [9.17, 15) is 9.59 Å². The first-order chi connectivity index (χ1) is 14.9. The number of methoxy groups -OCH3 is 1. The standard InChI is InChI=1S/C22H21N5O3S/c1-13-8-9-17(30-3)16(10-13)23-20(29)12-31-22-25-21(15-7-5-4-6-14(15)2)24-18-11-19(28)26-27(18)22/h4-11H,12H2,1-3H3,(H,23,29)(H,26,28). The highest BCUT2D eigenvalue weighted by Gasteiger charge is 2.15. The lowest BCUT2D eigenvalue weighted by atomic mass is 10.1. The van der Waals surface area contributed by atoms with Gasteiger partial charge in [-0.25, -0.2) is 14.5 Å². The van der Waals surface area contributed by atoms with Crippen molar-refractivity contribution in [1.82, 2.24) is 19.6 Å². The SMILES string of the molecule is COc1ccc(C)cc1NC(=O)CSc1nc(-c2ccccc2C)nc2cc(=O)[nH]n12. The topological polar surface area (TPSA) is 101 Å². The lowest BCUT2D eigenvalue weighted by Crippen LogP contribution is -2.16. The number of aryl methyl sites for hydroxylation is 2. The van der Waals surface area contributed by atoms with E-state index >= 15 is 0 Å². The smallest absolute Gasteiger partial charge is 0.266 e. The van der Waals surface area contributed by atoms with Crippen LogP contribution in [0.4, 0.5) is 5.69 Å². The second-order valence-electron chi connectivity index (χ2n) is 7.00. The molecule has 2 N–H and O–H groups in total. The van der Waals surface area contributed by atoms with Crippen LogP contribution in [0.2, 0.25) is 0 Å². The Labute approximate surface area is 182 Å². The van der Waals surface area contributed by atoms with E-state index < -0.39 is 0 Å². The number of carbonyl (C=O) groups excluding carboxylic acids is 1. The molecule has 0 unspecified atom stereocenters. The molecule has 0 aliphatic rings. The maximum Gasteiger partial charge on any atom is 0.266 e. The Hall–Kier alpha value is -3.59. The predicted octanol–water partition coefficient (Wildman–Crippen LogP) is 3.44. The van der Waals surface area contributed by atoms with E-state index in [1.807, 2.05) is 56.3 Å². The minimum absolute atomic E-state index is 0.0939. The molecule has 158 valence electrons. The highest BCUT2D eigenvalue weighted by Crippen LogP contribution is 2.27.